The number of benzene rings is 1. The van der Waals surface area contributed by atoms with Crippen molar-refractivity contribution < 1.29 is 19.4 Å². The monoisotopic (exact) mass is 352 g/mol. The molecule has 0 radical (unpaired) electrons. The van der Waals surface area contributed by atoms with Crippen LogP contribution in [0.5, 0.6) is 11.5 Å². The molecule has 3 fully saturated rings. The standard InChI is InChI=1S/C20H20N2O4/c1-2-26-16-7-10(3-6-15(16)23)9-21-22-19(24)17-11-4-5-12(14-8-13(11)14)18(17)20(22)25/h3-7,9,11-14,17-18,23H,2,8H2,1H3/b21-9-/t11-,12-,13-,14+,17-,18+/m1/s1. The van der Waals surface area contributed by atoms with Crippen molar-refractivity contribution in [2.75, 3.05) is 6.61 Å². The molecule has 0 spiro atoms. The summed E-state index contributed by atoms with van der Waals surface area (Å²) in [5.74, 6) is 1.13. The molecule has 1 N–H and O–H groups in total. The van der Waals surface area contributed by atoms with Crippen LogP contribution >= 0.6 is 0 Å². The van der Waals surface area contributed by atoms with Gasteiger partial charge in [0.15, 0.2) is 11.5 Å². The summed E-state index contributed by atoms with van der Waals surface area (Å²) in [6.45, 7) is 2.26. The summed E-state index contributed by atoms with van der Waals surface area (Å²) in [7, 11) is 0. The number of ether oxygens (including phenoxy) is 1. The zero-order valence-corrected chi connectivity index (χ0v) is 14.4. The van der Waals surface area contributed by atoms with Gasteiger partial charge in [-0.2, -0.15) is 10.1 Å². The first kappa shape index (κ1) is 15.6. The van der Waals surface area contributed by atoms with Crippen LogP contribution in [0.15, 0.2) is 35.5 Å². The molecule has 2 saturated carbocycles. The smallest absolute Gasteiger partial charge is 0.254 e. The number of carbonyl (C=O) groups is 2. The zero-order chi connectivity index (χ0) is 18.0. The van der Waals surface area contributed by atoms with Crippen molar-refractivity contribution in [2.24, 2.45) is 40.6 Å². The van der Waals surface area contributed by atoms with Crippen molar-refractivity contribution >= 4 is 18.0 Å². The van der Waals surface area contributed by atoms with Gasteiger partial charge in [0.05, 0.1) is 24.7 Å². The molecule has 6 heteroatoms. The minimum absolute atomic E-state index is 0.0465. The highest BCUT2D eigenvalue weighted by Crippen LogP contribution is 2.65. The molecular formula is C20H20N2O4. The number of nitrogens with zero attached hydrogens (tertiary/aromatic N) is 2. The third-order valence-corrected chi connectivity index (χ3v) is 6.25. The Balaban J connectivity index is 1.40. The van der Waals surface area contributed by atoms with E-state index < -0.39 is 0 Å². The Hall–Kier alpha value is -2.63. The Morgan fingerprint density at radius 3 is 2.46 bits per heavy atom. The third kappa shape index (κ3) is 2.08. The van der Waals surface area contributed by atoms with E-state index in [4.69, 9.17) is 4.74 Å². The molecule has 2 bridgehead atoms. The first-order valence-electron chi connectivity index (χ1n) is 9.16. The van der Waals surface area contributed by atoms with Gasteiger partial charge in [-0.15, -0.1) is 0 Å². The van der Waals surface area contributed by atoms with Gasteiger partial charge in [-0.25, -0.2) is 0 Å². The van der Waals surface area contributed by atoms with Crippen LogP contribution in [0.1, 0.15) is 18.9 Å². The second-order valence-corrected chi connectivity index (χ2v) is 7.55. The minimum atomic E-state index is -0.239. The molecule has 1 aromatic rings. The fraction of sp³-hybridized carbons (Fsp3) is 0.450. The van der Waals surface area contributed by atoms with E-state index in [1.54, 1.807) is 12.1 Å². The van der Waals surface area contributed by atoms with E-state index in [-0.39, 0.29) is 41.2 Å². The third-order valence-electron chi connectivity index (χ3n) is 6.25. The highest BCUT2D eigenvalue weighted by Gasteiger charge is 2.67. The van der Waals surface area contributed by atoms with E-state index in [1.165, 1.54) is 12.3 Å². The van der Waals surface area contributed by atoms with E-state index in [2.05, 4.69) is 17.3 Å². The SMILES string of the molecule is CCOc1cc(/C=N\N2C(=O)[C@@H]3[C@@H]4C=C[C@H]([C@@H]5C[C@H]45)[C@@H]3C2=O)ccc1O. The molecule has 5 aliphatic rings. The number of phenolic OH excluding ortho intramolecular Hbond substituents is 1. The van der Waals surface area contributed by atoms with Crippen molar-refractivity contribution in [3.8, 4) is 11.5 Å². The second kappa shape index (κ2) is 5.43. The molecule has 6 atom stereocenters. The molecule has 6 nitrogen and oxygen atoms in total. The topological polar surface area (TPSA) is 79.2 Å². The van der Waals surface area contributed by atoms with Crippen LogP contribution in [0.3, 0.4) is 0 Å². The number of aromatic hydroxyl groups is 1. The summed E-state index contributed by atoms with van der Waals surface area (Å²) in [6.07, 6.45) is 6.91. The van der Waals surface area contributed by atoms with E-state index in [0.717, 1.165) is 11.4 Å². The number of allylic oxidation sites excluding steroid dienone is 2. The molecule has 1 aliphatic heterocycles. The Morgan fingerprint density at radius 1 is 1.19 bits per heavy atom. The van der Waals surface area contributed by atoms with Gasteiger partial charge in [-0.05, 0) is 60.8 Å². The van der Waals surface area contributed by atoms with Crippen LogP contribution < -0.4 is 4.74 Å². The highest BCUT2D eigenvalue weighted by molar-refractivity contribution is 6.06. The summed E-state index contributed by atoms with van der Waals surface area (Å²) in [5, 5.41) is 15.0. The van der Waals surface area contributed by atoms with Gasteiger partial charge in [-0.3, -0.25) is 9.59 Å². The van der Waals surface area contributed by atoms with Gasteiger partial charge in [0.25, 0.3) is 11.8 Å². The van der Waals surface area contributed by atoms with Crippen LogP contribution in [0.2, 0.25) is 0 Å². The van der Waals surface area contributed by atoms with Gasteiger partial charge in [0, 0.05) is 0 Å². The zero-order valence-electron chi connectivity index (χ0n) is 14.4. The van der Waals surface area contributed by atoms with Crippen molar-refractivity contribution in [1.29, 1.82) is 0 Å². The van der Waals surface area contributed by atoms with Crippen molar-refractivity contribution in [2.45, 2.75) is 13.3 Å². The molecule has 134 valence electrons. The number of carbonyl (C=O) groups excluding carboxylic acids is 2. The summed E-state index contributed by atoms with van der Waals surface area (Å²) in [5.41, 5.74) is 0.658. The molecule has 1 heterocycles. The summed E-state index contributed by atoms with van der Waals surface area (Å²) >= 11 is 0. The summed E-state index contributed by atoms with van der Waals surface area (Å²) in [4.78, 5) is 25.7. The average Bonchev–Trinajstić information content (AvgIpc) is 3.42. The van der Waals surface area contributed by atoms with Crippen molar-refractivity contribution in [1.82, 2.24) is 5.01 Å². The van der Waals surface area contributed by atoms with Crippen LogP contribution in [0.25, 0.3) is 0 Å². The van der Waals surface area contributed by atoms with Crippen LogP contribution in [0.4, 0.5) is 0 Å². The fourth-order valence-electron chi connectivity index (χ4n) is 5.06. The van der Waals surface area contributed by atoms with Gasteiger partial charge < -0.3 is 9.84 Å². The fourth-order valence-corrected chi connectivity index (χ4v) is 5.06. The van der Waals surface area contributed by atoms with E-state index in [9.17, 15) is 14.7 Å². The van der Waals surface area contributed by atoms with Crippen LogP contribution in [-0.2, 0) is 9.59 Å². The maximum Gasteiger partial charge on any atom is 0.254 e. The minimum Gasteiger partial charge on any atom is -0.504 e. The number of phenols is 1. The number of hydrogen-bond donors (Lipinski definition) is 1. The van der Waals surface area contributed by atoms with E-state index >= 15 is 0 Å². The predicted octanol–water partition coefficient (Wildman–Crippen LogP) is 2.18. The Labute approximate surface area is 151 Å². The normalized spacial score (nSPS) is 36.6. The number of rotatable bonds is 4. The Bertz CT molecular complexity index is 825. The van der Waals surface area contributed by atoms with Gasteiger partial charge in [0.2, 0.25) is 0 Å². The lowest BCUT2D eigenvalue weighted by atomic mass is 9.63. The summed E-state index contributed by atoms with van der Waals surface area (Å²) < 4.78 is 5.35. The number of amides is 2. The van der Waals surface area contributed by atoms with Gasteiger partial charge in [-0.1, -0.05) is 12.2 Å². The number of hydrazone groups is 1. The maximum atomic E-state index is 12.8. The molecule has 2 amide bonds. The second-order valence-electron chi connectivity index (χ2n) is 7.55. The number of hydrogen-bond acceptors (Lipinski definition) is 5. The molecule has 6 rings (SSSR count). The quantitative estimate of drug-likeness (QED) is 0.512. The molecular weight excluding hydrogens is 332 g/mol. The van der Waals surface area contributed by atoms with E-state index in [0.29, 0.717) is 29.8 Å². The van der Waals surface area contributed by atoms with Crippen LogP contribution in [0, 0.1) is 35.5 Å². The predicted molar refractivity (Wildman–Crippen MR) is 93.4 cm³/mol. The molecule has 1 aromatic carbocycles. The molecule has 1 saturated heterocycles. The first-order chi connectivity index (χ1) is 12.6. The molecule has 0 unspecified atom stereocenters. The van der Waals surface area contributed by atoms with E-state index in [1.807, 2.05) is 6.92 Å². The Kier molecular flexibility index (Phi) is 3.26. The summed E-state index contributed by atoms with van der Waals surface area (Å²) in [6, 6.07) is 4.82. The van der Waals surface area contributed by atoms with Crippen molar-refractivity contribution in [3.63, 3.8) is 0 Å². The first-order valence-corrected chi connectivity index (χ1v) is 9.16. The molecule has 4 aliphatic carbocycles. The van der Waals surface area contributed by atoms with Crippen molar-refractivity contribution in [3.05, 3.63) is 35.9 Å². The average molecular weight is 352 g/mol. The Morgan fingerprint density at radius 2 is 1.85 bits per heavy atom. The lowest BCUT2D eigenvalue weighted by Gasteiger charge is -2.37. The molecule has 26 heavy (non-hydrogen) atoms. The largest absolute Gasteiger partial charge is 0.504 e. The van der Waals surface area contributed by atoms with Crippen LogP contribution in [-0.4, -0.2) is 34.8 Å². The van der Waals surface area contributed by atoms with Gasteiger partial charge in [0.1, 0.15) is 0 Å². The van der Waals surface area contributed by atoms with Gasteiger partial charge >= 0.3 is 0 Å². The highest BCUT2D eigenvalue weighted by atomic mass is 16.5. The molecule has 0 aromatic heterocycles. The lowest BCUT2D eigenvalue weighted by Crippen LogP contribution is -2.40. The number of imide groups is 1. The maximum absolute atomic E-state index is 12.8. The lowest BCUT2D eigenvalue weighted by molar-refractivity contribution is -0.140.